The van der Waals surface area contributed by atoms with Crippen LogP contribution in [0.3, 0.4) is 0 Å². The Hall–Kier alpha value is -3.26. The van der Waals surface area contributed by atoms with Gasteiger partial charge in [0.15, 0.2) is 0 Å². The van der Waals surface area contributed by atoms with Gasteiger partial charge in [-0.1, -0.05) is 23.7 Å². The number of rotatable bonds is 5. The molecule has 0 fully saturated rings. The molecule has 0 aliphatic heterocycles. The monoisotopic (exact) mass is 416 g/mol. The highest BCUT2D eigenvalue weighted by Gasteiger charge is 2.21. The summed E-state index contributed by atoms with van der Waals surface area (Å²) in [6, 6.07) is 8.77. The average molecular weight is 417 g/mol. The fourth-order valence-corrected chi connectivity index (χ4v) is 3.34. The number of benzene rings is 2. The molecule has 0 spiro atoms. The normalized spacial score (nSPS) is 10.8. The van der Waals surface area contributed by atoms with Crippen LogP contribution in [0.15, 0.2) is 36.4 Å². The second-order valence-corrected chi connectivity index (χ2v) is 6.97. The van der Waals surface area contributed by atoms with E-state index in [1.807, 2.05) is 0 Å². The van der Waals surface area contributed by atoms with Crippen molar-refractivity contribution < 1.29 is 14.1 Å². The second-order valence-electron chi connectivity index (χ2n) is 6.56. The number of halogens is 2. The van der Waals surface area contributed by atoms with E-state index in [9.17, 15) is 19.3 Å². The van der Waals surface area contributed by atoms with E-state index < -0.39 is 16.6 Å². The van der Waals surface area contributed by atoms with Crippen LogP contribution in [0.2, 0.25) is 5.02 Å². The first-order chi connectivity index (χ1) is 13.7. The topological polar surface area (TPSA) is 90.1 Å². The molecule has 9 heteroatoms. The molecule has 2 aromatic carbocycles. The van der Waals surface area contributed by atoms with Crippen LogP contribution >= 0.6 is 11.6 Å². The smallest absolute Gasteiger partial charge is 0.273 e. The summed E-state index contributed by atoms with van der Waals surface area (Å²) in [4.78, 5) is 23.3. The minimum atomic E-state index is -0.529. The number of nitrogens with zero attached hydrogens (tertiary/aromatic N) is 3. The highest BCUT2D eigenvalue weighted by molar-refractivity contribution is 6.31. The third-order valence-corrected chi connectivity index (χ3v) is 5.09. The van der Waals surface area contributed by atoms with Crippen molar-refractivity contribution in [3.05, 3.63) is 85.4 Å². The standard InChI is InChI=1S/C20H18ClFN4O3/c1-11-14(6-4-9-18(11)26(28)29)20(27)23-19-12(2)24-25(13(19)3)10-15-16(21)7-5-8-17(15)22/h4-9H,10H2,1-3H3,(H,23,27). The summed E-state index contributed by atoms with van der Waals surface area (Å²) >= 11 is 6.09. The van der Waals surface area contributed by atoms with E-state index >= 15 is 0 Å². The Bertz CT molecular complexity index is 1110. The van der Waals surface area contributed by atoms with Gasteiger partial charge in [0.25, 0.3) is 11.6 Å². The summed E-state index contributed by atoms with van der Waals surface area (Å²) in [5.41, 5.74) is 2.25. The van der Waals surface area contributed by atoms with Gasteiger partial charge in [0.1, 0.15) is 5.82 Å². The number of nitro benzene ring substituents is 1. The van der Waals surface area contributed by atoms with E-state index in [-0.39, 0.29) is 28.4 Å². The van der Waals surface area contributed by atoms with Crippen molar-refractivity contribution in [2.24, 2.45) is 0 Å². The Morgan fingerprint density at radius 2 is 1.93 bits per heavy atom. The molecule has 1 aromatic heterocycles. The van der Waals surface area contributed by atoms with Crippen molar-refractivity contribution in [3.63, 3.8) is 0 Å². The molecule has 150 valence electrons. The molecule has 3 aromatic rings. The number of anilines is 1. The van der Waals surface area contributed by atoms with Crippen LogP contribution in [0.5, 0.6) is 0 Å². The Kier molecular flexibility index (Phi) is 5.65. The summed E-state index contributed by atoms with van der Waals surface area (Å²) in [5, 5.41) is 18.5. The van der Waals surface area contributed by atoms with Crippen LogP contribution < -0.4 is 5.32 Å². The Morgan fingerprint density at radius 3 is 2.59 bits per heavy atom. The fourth-order valence-electron chi connectivity index (χ4n) is 3.11. The molecule has 0 unspecified atom stereocenters. The maximum absolute atomic E-state index is 14.1. The molecule has 0 atom stereocenters. The zero-order valence-corrected chi connectivity index (χ0v) is 16.7. The lowest BCUT2D eigenvalue weighted by atomic mass is 10.1. The average Bonchev–Trinajstić information content (AvgIpc) is 2.92. The first-order valence-electron chi connectivity index (χ1n) is 8.73. The molecule has 1 heterocycles. The van der Waals surface area contributed by atoms with Crippen molar-refractivity contribution >= 4 is 28.9 Å². The highest BCUT2D eigenvalue weighted by Crippen LogP contribution is 2.26. The van der Waals surface area contributed by atoms with E-state index in [0.717, 1.165) is 0 Å². The van der Waals surface area contributed by atoms with E-state index in [2.05, 4.69) is 10.4 Å². The molecule has 0 aliphatic carbocycles. The van der Waals surface area contributed by atoms with Crippen molar-refractivity contribution in [1.82, 2.24) is 9.78 Å². The Labute approximate surface area is 171 Å². The van der Waals surface area contributed by atoms with Gasteiger partial charge in [0.2, 0.25) is 0 Å². The summed E-state index contributed by atoms with van der Waals surface area (Å²) in [6.07, 6.45) is 0. The van der Waals surface area contributed by atoms with Crippen LogP contribution in [0.4, 0.5) is 15.8 Å². The fraction of sp³-hybridized carbons (Fsp3) is 0.200. The first kappa shape index (κ1) is 20.5. The van der Waals surface area contributed by atoms with Gasteiger partial charge in [-0.25, -0.2) is 4.39 Å². The maximum Gasteiger partial charge on any atom is 0.273 e. The van der Waals surface area contributed by atoms with Crippen LogP contribution in [0.1, 0.15) is 32.9 Å². The van der Waals surface area contributed by atoms with E-state index in [1.54, 1.807) is 24.6 Å². The number of nitro groups is 1. The van der Waals surface area contributed by atoms with Gasteiger partial charge >= 0.3 is 0 Å². The van der Waals surface area contributed by atoms with Gasteiger partial charge in [0, 0.05) is 27.8 Å². The number of aromatic nitrogens is 2. The van der Waals surface area contributed by atoms with Crippen molar-refractivity contribution in [2.75, 3.05) is 5.32 Å². The number of carbonyl (C=O) groups is 1. The zero-order valence-electron chi connectivity index (χ0n) is 16.0. The SMILES string of the molecule is Cc1nn(Cc2c(F)cccc2Cl)c(C)c1NC(=O)c1cccc([N+](=O)[O-])c1C. The summed E-state index contributed by atoms with van der Waals surface area (Å²) in [7, 11) is 0. The molecule has 1 amide bonds. The number of amides is 1. The minimum Gasteiger partial charge on any atom is -0.319 e. The first-order valence-corrected chi connectivity index (χ1v) is 9.10. The molecule has 0 aliphatic rings. The van der Waals surface area contributed by atoms with Crippen molar-refractivity contribution in [3.8, 4) is 0 Å². The third kappa shape index (κ3) is 3.97. The van der Waals surface area contributed by atoms with Gasteiger partial charge in [-0.15, -0.1) is 0 Å². The molecule has 0 saturated heterocycles. The molecule has 1 N–H and O–H groups in total. The molecule has 29 heavy (non-hydrogen) atoms. The number of carbonyl (C=O) groups excluding carboxylic acids is 1. The molecule has 7 nitrogen and oxygen atoms in total. The summed E-state index contributed by atoms with van der Waals surface area (Å²) in [5.74, 6) is -0.927. The molecule has 3 rings (SSSR count). The molecule has 0 bridgehead atoms. The maximum atomic E-state index is 14.1. The number of hydrogen-bond acceptors (Lipinski definition) is 4. The lowest BCUT2D eigenvalue weighted by Gasteiger charge is -2.10. The van der Waals surface area contributed by atoms with Crippen LogP contribution in [-0.4, -0.2) is 20.6 Å². The Morgan fingerprint density at radius 1 is 1.24 bits per heavy atom. The van der Waals surface area contributed by atoms with Crippen molar-refractivity contribution in [1.29, 1.82) is 0 Å². The highest BCUT2D eigenvalue weighted by atomic mass is 35.5. The summed E-state index contributed by atoms with van der Waals surface area (Å²) in [6.45, 7) is 5.08. The van der Waals surface area contributed by atoms with E-state index in [1.165, 1.54) is 37.3 Å². The largest absolute Gasteiger partial charge is 0.319 e. The zero-order chi connectivity index (χ0) is 21.3. The van der Waals surface area contributed by atoms with Crippen LogP contribution in [0.25, 0.3) is 0 Å². The van der Waals surface area contributed by atoms with Crippen molar-refractivity contribution in [2.45, 2.75) is 27.3 Å². The lowest BCUT2D eigenvalue weighted by molar-refractivity contribution is -0.385. The van der Waals surface area contributed by atoms with Gasteiger partial charge in [0.05, 0.1) is 28.5 Å². The second kappa shape index (κ2) is 8.00. The predicted octanol–water partition coefficient (Wildman–Crippen LogP) is 4.81. The third-order valence-electron chi connectivity index (χ3n) is 4.74. The van der Waals surface area contributed by atoms with Gasteiger partial charge in [-0.3, -0.25) is 19.6 Å². The summed E-state index contributed by atoms with van der Waals surface area (Å²) < 4.78 is 15.7. The van der Waals surface area contributed by atoms with Crippen LogP contribution in [-0.2, 0) is 6.54 Å². The number of nitrogens with one attached hydrogen (secondary N) is 1. The molecule has 0 radical (unpaired) electrons. The number of aryl methyl sites for hydroxylation is 1. The van der Waals surface area contributed by atoms with E-state index in [0.29, 0.717) is 22.6 Å². The molecule has 0 saturated carbocycles. The van der Waals surface area contributed by atoms with Gasteiger partial charge < -0.3 is 5.32 Å². The quantitative estimate of drug-likeness (QED) is 0.477. The van der Waals surface area contributed by atoms with E-state index in [4.69, 9.17) is 11.6 Å². The molecular weight excluding hydrogens is 399 g/mol. The van der Waals surface area contributed by atoms with Gasteiger partial charge in [-0.2, -0.15) is 5.10 Å². The minimum absolute atomic E-state index is 0.101. The van der Waals surface area contributed by atoms with Crippen LogP contribution in [0, 0.1) is 36.7 Å². The molecular formula is C20H18ClFN4O3. The number of hydrogen-bond donors (Lipinski definition) is 1. The lowest BCUT2D eigenvalue weighted by Crippen LogP contribution is -2.15. The Balaban J connectivity index is 1.91. The van der Waals surface area contributed by atoms with Gasteiger partial charge in [-0.05, 0) is 39.0 Å². The predicted molar refractivity (Wildman–Crippen MR) is 108 cm³/mol.